The minimum atomic E-state index is -1.03. The summed E-state index contributed by atoms with van der Waals surface area (Å²) < 4.78 is 0. The summed E-state index contributed by atoms with van der Waals surface area (Å²) in [6.45, 7) is 1.90. The van der Waals surface area contributed by atoms with Crippen molar-refractivity contribution in [2.45, 2.75) is 25.8 Å². The van der Waals surface area contributed by atoms with Crippen LogP contribution in [-0.4, -0.2) is 11.8 Å². The van der Waals surface area contributed by atoms with Crippen molar-refractivity contribution < 1.29 is 9.59 Å². The van der Waals surface area contributed by atoms with E-state index < -0.39 is 5.41 Å². The Bertz CT molecular complexity index is 804. The zero-order valence-electron chi connectivity index (χ0n) is 13.7. The van der Waals surface area contributed by atoms with Crippen LogP contribution in [0.15, 0.2) is 48.5 Å². The third-order valence-corrected chi connectivity index (χ3v) is 5.01. The van der Waals surface area contributed by atoms with E-state index in [0.717, 1.165) is 5.56 Å². The van der Waals surface area contributed by atoms with Crippen LogP contribution in [0.3, 0.4) is 0 Å². The van der Waals surface area contributed by atoms with Crippen LogP contribution in [0.4, 0.5) is 5.69 Å². The fourth-order valence-electron chi connectivity index (χ4n) is 2.68. The van der Waals surface area contributed by atoms with Crippen molar-refractivity contribution in [2.24, 2.45) is 5.41 Å². The van der Waals surface area contributed by atoms with Crippen LogP contribution >= 0.6 is 23.2 Å². The molecule has 0 saturated heterocycles. The van der Waals surface area contributed by atoms with E-state index in [0.29, 0.717) is 28.6 Å². The normalized spacial score (nSPS) is 16.0. The first-order valence-electron chi connectivity index (χ1n) is 8.05. The van der Waals surface area contributed by atoms with Crippen molar-refractivity contribution in [3.05, 3.63) is 64.1 Å². The smallest absolute Gasteiger partial charge is 0.240 e. The first kappa shape index (κ1) is 17.8. The number of halogens is 2. The molecule has 1 unspecified atom stereocenters. The number of carbonyl (C=O) groups is 2. The lowest BCUT2D eigenvalue weighted by Gasteiger charge is -2.20. The molecule has 0 spiro atoms. The Balaban J connectivity index is 1.70. The Kier molecular flexibility index (Phi) is 5.02. The highest BCUT2D eigenvalue weighted by molar-refractivity contribution is 6.36. The van der Waals surface area contributed by atoms with Crippen LogP contribution in [0, 0.1) is 5.41 Å². The zero-order chi connectivity index (χ0) is 18.0. The number of hydrogen-bond donors (Lipinski definition) is 2. The summed E-state index contributed by atoms with van der Waals surface area (Å²) in [6.07, 6.45) is 1.04. The molecule has 3 rings (SSSR count). The molecule has 0 heterocycles. The number of anilines is 1. The molecule has 1 atom stereocenters. The molecule has 2 amide bonds. The van der Waals surface area contributed by atoms with Crippen LogP contribution in [0.25, 0.3) is 0 Å². The molecule has 0 aliphatic heterocycles. The highest BCUT2D eigenvalue weighted by atomic mass is 35.5. The lowest BCUT2D eigenvalue weighted by Crippen LogP contribution is -2.41. The molecule has 0 radical (unpaired) electrons. The standard InChI is InChI=1S/C19H18Cl2N2O2/c1-12(13-5-3-2-4-6-13)22-17(24)19(9-10-19)18(25)23-16-11-14(20)7-8-15(16)21/h2-8,11-12H,9-10H2,1H3,(H,22,24)(H,23,25). The topological polar surface area (TPSA) is 58.2 Å². The molecule has 2 N–H and O–H groups in total. The van der Waals surface area contributed by atoms with Crippen molar-refractivity contribution >= 4 is 40.7 Å². The quantitative estimate of drug-likeness (QED) is 0.749. The van der Waals surface area contributed by atoms with Crippen molar-refractivity contribution in [1.82, 2.24) is 5.32 Å². The van der Waals surface area contributed by atoms with Crippen LogP contribution in [0.5, 0.6) is 0 Å². The Morgan fingerprint density at radius 1 is 1.04 bits per heavy atom. The van der Waals surface area contributed by atoms with Gasteiger partial charge in [0.25, 0.3) is 0 Å². The van der Waals surface area contributed by atoms with Gasteiger partial charge in [-0.2, -0.15) is 0 Å². The van der Waals surface area contributed by atoms with E-state index in [9.17, 15) is 9.59 Å². The number of amides is 2. The number of hydrogen-bond acceptors (Lipinski definition) is 2. The minimum absolute atomic E-state index is 0.172. The number of rotatable bonds is 5. The van der Waals surface area contributed by atoms with Gasteiger partial charge in [-0.1, -0.05) is 53.5 Å². The average molecular weight is 377 g/mol. The van der Waals surface area contributed by atoms with E-state index in [2.05, 4.69) is 10.6 Å². The molecule has 1 fully saturated rings. The van der Waals surface area contributed by atoms with Gasteiger partial charge in [0, 0.05) is 5.02 Å². The summed E-state index contributed by atoms with van der Waals surface area (Å²) in [7, 11) is 0. The predicted molar refractivity (Wildman–Crippen MR) is 99.8 cm³/mol. The van der Waals surface area contributed by atoms with Gasteiger partial charge in [0.15, 0.2) is 0 Å². The van der Waals surface area contributed by atoms with Crippen molar-refractivity contribution in [3.63, 3.8) is 0 Å². The first-order chi connectivity index (χ1) is 11.9. The van der Waals surface area contributed by atoms with Gasteiger partial charge in [0.1, 0.15) is 5.41 Å². The van der Waals surface area contributed by atoms with Gasteiger partial charge in [-0.15, -0.1) is 0 Å². The van der Waals surface area contributed by atoms with Gasteiger partial charge in [-0.3, -0.25) is 9.59 Å². The maximum atomic E-state index is 12.7. The van der Waals surface area contributed by atoms with Crippen molar-refractivity contribution in [3.8, 4) is 0 Å². The third-order valence-electron chi connectivity index (χ3n) is 4.44. The Labute approximate surface area is 156 Å². The average Bonchev–Trinajstić information content (AvgIpc) is 3.41. The molecule has 1 saturated carbocycles. The number of carbonyl (C=O) groups excluding carboxylic acids is 2. The summed E-state index contributed by atoms with van der Waals surface area (Å²) in [4.78, 5) is 25.3. The van der Waals surface area contributed by atoms with Crippen LogP contribution in [0.1, 0.15) is 31.4 Å². The maximum absolute atomic E-state index is 12.7. The Hall–Kier alpha value is -2.04. The maximum Gasteiger partial charge on any atom is 0.240 e. The summed E-state index contributed by atoms with van der Waals surface area (Å²) in [6, 6.07) is 14.3. The van der Waals surface area contributed by atoms with Gasteiger partial charge in [0.05, 0.1) is 16.8 Å². The molecule has 130 valence electrons. The van der Waals surface area contributed by atoms with Gasteiger partial charge in [-0.25, -0.2) is 0 Å². The van der Waals surface area contributed by atoms with E-state index in [1.165, 1.54) is 0 Å². The van der Waals surface area contributed by atoms with Gasteiger partial charge in [-0.05, 0) is 43.5 Å². The molecule has 2 aromatic rings. The summed E-state index contributed by atoms with van der Waals surface area (Å²) >= 11 is 12.0. The van der Waals surface area contributed by atoms with Gasteiger partial charge >= 0.3 is 0 Å². The second-order valence-electron chi connectivity index (χ2n) is 6.27. The first-order valence-corrected chi connectivity index (χ1v) is 8.80. The lowest BCUT2D eigenvalue weighted by molar-refractivity contribution is -0.134. The highest BCUT2D eigenvalue weighted by Crippen LogP contribution is 2.47. The largest absolute Gasteiger partial charge is 0.349 e. The molecule has 6 heteroatoms. The third kappa shape index (κ3) is 3.80. The molecule has 0 bridgehead atoms. The van der Waals surface area contributed by atoms with Crippen LogP contribution in [0.2, 0.25) is 10.0 Å². The Morgan fingerprint density at radius 2 is 1.72 bits per heavy atom. The monoisotopic (exact) mass is 376 g/mol. The van der Waals surface area contributed by atoms with E-state index >= 15 is 0 Å². The summed E-state index contributed by atoms with van der Waals surface area (Å²) in [5, 5.41) is 6.51. The number of benzene rings is 2. The second-order valence-corrected chi connectivity index (χ2v) is 7.11. The zero-order valence-corrected chi connectivity index (χ0v) is 15.2. The van der Waals surface area contributed by atoms with E-state index in [1.807, 2.05) is 37.3 Å². The molecule has 1 aliphatic rings. The molecule has 1 aliphatic carbocycles. The van der Waals surface area contributed by atoms with Gasteiger partial charge in [0.2, 0.25) is 11.8 Å². The molecular weight excluding hydrogens is 359 g/mol. The fourth-order valence-corrected chi connectivity index (χ4v) is 3.01. The van der Waals surface area contributed by atoms with E-state index in [-0.39, 0.29) is 17.9 Å². The Morgan fingerprint density at radius 3 is 2.36 bits per heavy atom. The number of nitrogens with one attached hydrogen (secondary N) is 2. The van der Waals surface area contributed by atoms with Crippen LogP contribution in [-0.2, 0) is 9.59 Å². The lowest BCUT2D eigenvalue weighted by atomic mass is 10.0. The fraction of sp³-hybridized carbons (Fsp3) is 0.263. The minimum Gasteiger partial charge on any atom is -0.349 e. The summed E-state index contributed by atoms with van der Waals surface area (Å²) in [5.41, 5.74) is 0.369. The second kappa shape index (κ2) is 7.06. The van der Waals surface area contributed by atoms with Crippen molar-refractivity contribution in [2.75, 3.05) is 5.32 Å². The SMILES string of the molecule is CC(NC(=O)C1(C(=O)Nc2cc(Cl)ccc2Cl)CC1)c1ccccc1. The molecular formula is C19H18Cl2N2O2. The van der Waals surface area contributed by atoms with E-state index in [1.54, 1.807) is 18.2 Å². The highest BCUT2D eigenvalue weighted by Gasteiger charge is 2.56. The predicted octanol–water partition coefficient (Wildman–Crippen LogP) is 4.59. The molecule has 25 heavy (non-hydrogen) atoms. The van der Waals surface area contributed by atoms with Gasteiger partial charge < -0.3 is 10.6 Å². The van der Waals surface area contributed by atoms with Crippen LogP contribution < -0.4 is 10.6 Å². The molecule has 4 nitrogen and oxygen atoms in total. The van der Waals surface area contributed by atoms with E-state index in [4.69, 9.17) is 23.2 Å². The molecule has 0 aromatic heterocycles. The van der Waals surface area contributed by atoms with Crippen molar-refractivity contribution in [1.29, 1.82) is 0 Å². The summed E-state index contributed by atoms with van der Waals surface area (Å²) in [5.74, 6) is -0.617. The molecule has 2 aromatic carbocycles.